The summed E-state index contributed by atoms with van der Waals surface area (Å²) in [7, 11) is 8.69. The lowest BCUT2D eigenvalue weighted by atomic mass is 10.2. The van der Waals surface area contributed by atoms with Crippen molar-refractivity contribution in [1.82, 2.24) is 15.5 Å². The molecule has 0 unspecified atom stereocenters. The van der Waals surface area contributed by atoms with Crippen LogP contribution < -0.4 is 24.8 Å². The van der Waals surface area contributed by atoms with Crippen molar-refractivity contribution in [3.63, 3.8) is 0 Å². The Morgan fingerprint density at radius 1 is 0.931 bits per heavy atom. The number of hydrogen-bond donors (Lipinski definition) is 2. The Morgan fingerprint density at radius 3 is 2.14 bits per heavy atom. The average molecular weight is 401 g/mol. The van der Waals surface area contributed by atoms with E-state index < -0.39 is 0 Å². The van der Waals surface area contributed by atoms with Crippen molar-refractivity contribution in [2.75, 3.05) is 48.5 Å². The third kappa shape index (κ3) is 6.87. The number of nitrogens with zero attached hydrogens (tertiary/aromatic N) is 2. The number of guanidine groups is 1. The second-order valence-electron chi connectivity index (χ2n) is 6.61. The van der Waals surface area contributed by atoms with Crippen molar-refractivity contribution in [3.05, 3.63) is 53.6 Å². The van der Waals surface area contributed by atoms with Crippen LogP contribution in [0.1, 0.15) is 11.1 Å². The molecule has 0 radical (unpaired) electrons. The molecule has 0 aliphatic rings. The minimum Gasteiger partial charge on any atom is -0.493 e. The highest BCUT2D eigenvalue weighted by Crippen LogP contribution is 2.38. The molecule has 2 aromatic carbocycles. The van der Waals surface area contributed by atoms with Crippen LogP contribution in [0.5, 0.6) is 17.2 Å². The molecule has 0 heterocycles. The van der Waals surface area contributed by atoms with Gasteiger partial charge in [-0.05, 0) is 30.3 Å². The van der Waals surface area contributed by atoms with E-state index in [1.54, 1.807) is 28.4 Å². The number of likely N-dealkylation sites (N-methyl/N-ethyl adjacent to an activating group) is 1. The number of rotatable bonds is 10. The van der Waals surface area contributed by atoms with Gasteiger partial charge in [-0.2, -0.15) is 0 Å². The van der Waals surface area contributed by atoms with Crippen molar-refractivity contribution in [1.29, 1.82) is 0 Å². The Morgan fingerprint density at radius 2 is 1.59 bits per heavy atom. The van der Waals surface area contributed by atoms with Crippen LogP contribution in [0.4, 0.5) is 0 Å². The van der Waals surface area contributed by atoms with Gasteiger partial charge in [0.05, 0.1) is 21.3 Å². The van der Waals surface area contributed by atoms with E-state index in [1.807, 2.05) is 18.2 Å². The zero-order valence-electron chi connectivity index (χ0n) is 18.0. The smallest absolute Gasteiger partial charge is 0.203 e. The molecule has 0 saturated carbocycles. The van der Waals surface area contributed by atoms with Gasteiger partial charge >= 0.3 is 0 Å². The quantitative estimate of drug-likeness (QED) is 0.472. The normalized spacial score (nSPS) is 11.3. The fourth-order valence-corrected chi connectivity index (χ4v) is 2.98. The predicted molar refractivity (Wildman–Crippen MR) is 117 cm³/mol. The second-order valence-corrected chi connectivity index (χ2v) is 6.61. The number of ether oxygens (including phenoxy) is 3. The van der Waals surface area contributed by atoms with E-state index in [9.17, 15) is 0 Å². The molecule has 2 N–H and O–H groups in total. The first-order chi connectivity index (χ1) is 14.1. The predicted octanol–water partition coefficient (Wildman–Crippen LogP) is 2.51. The van der Waals surface area contributed by atoms with Crippen molar-refractivity contribution in [3.8, 4) is 17.2 Å². The van der Waals surface area contributed by atoms with Gasteiger partial charge in [0.2, 0.25) is 5.75 Å². The van der Waals surface area contributed by atoms with Gasteiger partial charge in [-0.15, -0.1) is 0 Å². The summed E-state index contributed by atoms with van der Waals surface area (Å²) in [5, 5.41) is 6.66. The molecule has 2 rings (SSSR count). The van der Waals surface area contributed by atoms with Gasteiger partial charge < -0.3 is 29.7 Å². The number of hydrogen-bond acceptors (Lipinski definition) is 5. The summed E-state index contributed by atoms with van der Waals surface area (Å²) in [6.07, 6.45) is 0. The molecule has 0 aliphatic heterocycles. The Hall–Kier alpha value is -2.93. The third-order valence-corrected chi connectivity index (χ3v) is 4.49. The zero-order valence-corrected chi connectivity index (χ0v) is 18.0. The summed E-state index contributed by atoms with van der Waals surface area (Å²) in [5.74, 6) is 2.60. The molecule has 7 heteroatoms. The number of aliphatic imine (C=N–C) groups is 1. The summed E-state index contributed by atoms with van der Waals surface area (Å²) in [6, 6.07) is 14.3. The monoisotopic (exact) mass is 400 g/mol. The maximum atomic E-state index is 5.41. The Kier molecular flexibility index (Phi) is 9.11. The van der Waals surface area contributed by atoms with Crippen LogP contribution in [0, 0.1) is 0 Å². The van der Waals surface area contributed by atoms with Crippen LogP contribution in [-0.4, -0.2) is 59.4 Å². The summed E-state index contributed by atoms with van der Waals surface area (Å²) < 4.78 is 16.2. The highest BCUT2D eigenvalue weighted by Gasteiger charge is 2.13. The van der Waals surface area contributed by atoms with Crippen molar-refractivity contribution in [2.45, 2.75) is 13.1 Å². The minimum absolute atomic E-state index is 0.580. The summed E-state index contributed by atoms with van der Waals surface area (Å²) in [6.45, 7) is 3.19. The molecule has 0 saturated heterocycles. The van der Waals surface area contributed by atoms with Crippen LogP contribution >= 0.6 is 0 Å². The molecule has 0 amide bonds. The van der Waals surface area contributed by atoms with Crippen LogP contribution in [0.2, 0.25) is 0 Å². The van der Waals surface area contributed by atoms with Crippen LogP contribution in [-0.2, 0) is 13.1 Å². The minimum atomic E-state index is 0.580. The van der Waals surface area contributed by atoms with Gasteiger partial charge in [0.25, 0.3) is 0 Å². The Bertz CT molecular complexity index is 756. The molecule has 0 atom stereocenters. The van der Waals surface area contributed by atoms with Crippen molar-refractivity contribution < 1.29 is 14.2 Å². The highest BCUT2D eigenvalue weighted by atomic mass is 16.5. The fourth-order valence-electron chi connectivity index (χ4n) is 2.98. The lowest BCUT2D eigenvalue weighted by molar-refractivity contribution is 0.323. The Balaban J connectivity index is 1.84. The summed E-state index contributed by atoms with van der Waals surface area (Å²) in [5.41, 5.74) is 2.31. The van der Waals surface area contributed by atoms with Crippen LogP contribution in [0.3, 0.4) is 0 Å². The molecular weight excluding hydrogens is 368 g/mol. The van der Waals surface area contributed by atoms with Gasteiger partial charge in [0.1, 0.15) is 0 Å². The molecule has 0 aromatic heterocycles. The molecule has 0 spiro atoms. The molecule has 7 nitrogen and oxygen atoms in total. The maximum absolute atomic E-state index is 5.41. The van der Waals surface area contributed by atoms with E-state index in [-0.39, 0.29) is 0 Å². The first kappa shape index (κ1) is 22.4. The van der Waals surface area contributed by atoms with Gasteiger partial charge in [0.15, 0.2) is 17.5 Å². The van der Waals surface area contributed by atoms with Crippen molar-refractivity contribution >= 4 is 5.96 Å². The zero-order chi connectivity index (χ0) is 21.1. The molecule has 29 heavy (non-hydrogen) atoms. The largest absolute Gasteiger partial charge is 0.493 e. The van der Waals surface area contributed by atoms with Gasteiger partial charge in [-0.25, -0.2) is 0 Å². The number of methoxy groups -OCH3 is 3. The third-order valence-electron chi connectivity index (χ3n) is 4.49. The van der Waals surface area contributed by atoms with Gasteiger partial charge in [0, 0.05) is 33.2 Å². The van der Waals surface area contributed by atoms with E-state index in [0.717, 1.165) is 31.2 Å². The molecule has 2 aromatic rings. The van der Waals surface area contributed by atoms with E-state index in [0.29, 0.717) is 23.8 Å². The summed E-state index contributed by atoms with van der Waals surface area (Å²) in [4.78, 5) is 6.56. The number of benzene rings is 2. The number of nitrogens with one attached hydrogen (secondary N) is 2. The lowest BCUT2D eigenvalue weighted by Gasteiger charge is -2.19. The molecular formula is C22H32N4O3. The van der Waals surface area contributed by atoms with E-state index in [1.165, 1.54) is 5.56 Å². The molecule has 0 fully saturated rings. The van der Waals surface area contributed by atoms with Gasteiger partial charge in [-0.3, -0.25) is 4.99 Å². The highest BCUT2D eigenvalue weighted by molar-refractivity contribution is 5.79. The standard InChI is InChI=1S/C22H32N4O3/c1-23-22(24-11-12-26(2)16-17-9-7-6-8-10-17)25-15-18-13-19(27-3)21(29-5)20(14-18)28-4/h6-10,13-14H,11-12,15-16H2,1-5H3,(H2,23,24,25). The average Bonchev–Trinajstić information content (AvgIpc) is 2.75. The van der Waals surface area contributed by atoms with E-state index in [4.69, 9.17) is 14.2 Å². The lowest BCUT2D eigenvalue weighted by Crippen LogP contribution is -2.40. The molecule has 0 bridgehead atoms. The first-order valence-corrected chi connectivity index (χ1v) is 9.57. The van der Waals surface area contributed by atoms with E-state index in [2.05, 4.69) is 51.8 Å². The van der Waals surface area contributed by atoms with Gasteiger partial charge in [-0.1, -0.05) is 30.3 Å². The molecule has 0 aliphatic carbocycles. The van der Waals surface area contributed by atoms with Crippen LogP contribution in [0.25, 0.3) is 0 Å². The maximum Gasteiger partial charge on any atom is 0.203 e. The topological polar surface area (TPSA) is 67.4 Å². The first-order valence-electron chi connectivity index (χ1n) is 9.57. The second kappa shape index (κ2) is 11.8. The van der Waals surface area contributed by atoms with E-state index >= 15 is 0 Å². The Labute approximate surface area is 173 Å². The van der Waals surface area contributed by atoms with Crippen molar-refractivity contribution in [2.24, 2.45) is 4.99 Å². The molecule has 158 valence electrons. The van der Waals surface area contributed by atoms with Crippen LogP contribution in [0.15, 0.2) is 47.5 Å². The fraction of sp³-hybridized carbons (Fsp3) is 0.409. The summed E-state index contributed by atoms with van der Waals surface area (Å²) >= 11 is 0. The SMILES string of the molecule is CN=C(NCCN(C)Cc1ccccc1)NCc1cc(OC)c(OC)c(OC)c1.